The van der Waals surface area contributed by atoms with Crippen molar-refractivity contribution in [2.24, 2.45) is 0 Å². The highest BCUT2D eigenvalue weighted by Gasteiger charge is 2.25. The number of hydrogen-bond donors (Lipinski definition) is 1. The molecular formula is C18H21ClN2. The smallest absolute Gasteiger partial charge is 0.0424 e. The first-order valence-electron chi connectivity index (χ1n) is 10.0. The van der Waals surface area contributed by atoms with E-state index in [0.717, 1.165) is 22.5 Å². The molecule has 1 heterocycles. The van der Waals surface area contributed by atoms with Gasteiger partial charge in [-0.2, -0.15) is 0 Å². The Labute approximate surface area is 140 Å². The summed E-state index contributed by atoms with van der Waals surface area (Å²) in [6.45, 7) is -5.34. The molecule has 0 aliphatic carbocycles. The topological polar surface area (TPSA) is 15.3 Å². The van der Waals surface area contributed by atoms with Gasteiger partial charge in [0, 0.05) is 30.5 Å². The molecule has 2 aromatic rings. The van der Waals surface area contributed by atoms with Crippen LogP contribution in [0, 0.1) is 0 Å². The summed E-state index contributed by atoms with van der Waals surface area (Å²) in [6.07, 6.45) is 1.05. The minimum absolute atomic E-state index is 0.0196. The van der Waals surface area contributed by atoms with Crippen molar-refractivity contribution in [3.63, 3.8) is 0 Å². The van der Waals surface area contributed by atoms with E-state index in [4.69, 9.17) is 19.8 Å². The highest BCUT2D eigenvalue weighted by atomic mass is 35.5. The van der Waals surface area contributed by atoms with E-state index in [2.05, 4.69) is 5.32 Å². The van der Waals surface area contributed by atoms with Crippen LogP contribution in [0.1, 0.15) is 38.1 Å². The van der Waals surface area contributed by atoms with Crippen LogP contribution >= 0.6 is 11.6 Å². The zero-order chi connectivity index (χ0) is 19.8. The molecule has 0 fully saturated rings. The number of fused-ring (bicyclic) bond motifs is 2. The van der Waals surface area contributed by atoms with Gasteiger partial charge in [-0.25, -0.2) is 0 Å². The third-order valence-electron chi connectivity index (χ3n) is 3.87. The quantitative estimate of drug-likeness (QED) is 0.867. The molecule has 1 unspecified atom stereocenters. The maximum atomic E-state index is 7.50. The van der Waals surface area contributed by atoms with Crippen LogP contribution < -0.4 is 5.32 Å². The summed E-state index contributed by atoms with van der Waals surface area (Å²) in [6, 6.07) is 13.6. The van der Waals surface area contributed by atoms with Crippen molar-refractivity contribution in [1.82, 2.24) is 4.90 Å². The van der Waals surface area contributed by atoms with Crippen LogP contribution in [0.25, 0.3) is 0 Å². The van der Waals surface area contributed by atoms with Crippen molar-refractivity contribution in [1.29, 1.82) is 0 Å². The Morgan fingerprint density at radius 2 is 1.95 bits per heavy atom. The number of nitrogens with one attached hydrogen (secondary N) is 1. The Morgan fingerprint density at radius 1 is 1.14 bits per heavy atom. The van der Waals surface area contributed by atoms with E-state index >= 15 is 0 Å². The van der Waals surface area contributed by atoms with Crippen LogP contribution in [-0.4, -0.2) is 25.4 Å². The molecule has 0 saturated carbocycles. The number of benzene rings is 2. The van der Waals surface area contributed by atoms with Gasteiger partial charge in [-0.1, -0.05) is 29.8 Å². The molecule has 0 aromatic heterocycles. The van der Waals surface area contributed by atoms with E-state index < -0.39 is 14.0 Å². The Kier molecular flexibility index (Phi) is 2.55. The molecule has 0 saturated heterocycles. The third-order valence-corrected chi connectivity index (χ3v) is 4.10. The lowest BCUT2D eigenvalue weighted by atomic mass is 9.83. The summed E-state index contributed by atoms with van der Waals surface area (Å²) in [5, 5.41) is 4.03. The highest BCUT2D eigenvalue weighted by molar-refractivity contribution is 6.30. The maximum absolute atomic E-state index is 7.50. The molecule has 3 rings (SSSR count). The van der Waals surface area contributed by atoms with Gasteiger partial charge in [0.2, 0.25) is 0 Å². The zero-order valence-corrected chi connectivity index (χ0v) is 12.3. The molecule has 0 spiro atoms. The van der Waals surface area contributed by atoms with Crippen molar-refractivity contribution in [3.05, 3.63) is 58.6 Å². The number of nitrogens with zero attached hydrogens (tertiary/aromatic N) is 1. The Morgan fingerprint density at radius 3 is 2.81 bits per heavy atom. The molecular weight excluding hydrogens is 280 g/mol. The second kappa shape index (κ2) is 6.08. The second-order valence-corrected chi connectivity index (χ2v) is 5.73. The normalized spacial score (nSPS) is 21.7. The predicted octanol–water partition coefficient (Wildman–Crippen LogP) is 4.87. The standard InChI is InChI=1S/C18H21ClN2/c1-21(2)11-5-7-14-15-6-3-4-8-17(15)20-18-10-9-13(19)12-16(14)18/h3-4,6,8-10,12,14,20H,5,7,11H2,1-2H3/i1D3,2D3. The molecule has 0 bridgehead atoms. The monoisotopic (exact) mass is 306 g/mol. The maximum Gasteiger partial charge on any atom is 0.0424 e. The lowest BCUT2D eigenvalue weighted by Gasteiger charge is -2.30. The summed E-state index contributed by atoms with van der Waals surface area (Å²) in [5.41, 5.74) is 4.10. The second-order valence-electron chi connectivity index (χ2n) is 5.29. The first-order valence-corrected chi connectivity index (χ1v) is 7.38. The first-order chi connectivity index (χ1) is 12.6. The Hall–Kier alpha value is -1.51. The Balaban J connectivity index is 1.84. The number of para-hydroxylation sites is 1. The van der Waals surface area contributed by atoms with Gasteiger partial charge in [0.1, 0.15) is 0 Å². The number of halogens is 1. The van der Waals surface area contributed by atoms with Gasteiger partial charge >= 0.3 is 0 Å². The fourth-order valence-corrected chi connectivity index (χ4v) is 3.11. The number of rotatable bonds is 4. The minimum atomic E-state index is -2.65. The summed E-state index contributed by atoms with van der Waals surface area (Å²) in [4.78, 5) is 0.617. The summed E-state index contributed by atoms with van der Waals surface area (Å²) >= 11 is 6.19. The average molecular weight is 307 g/mol. The molecule has 3 heteroatoms. The van der Waals surface area contributed by atoms with Crippen molar-refractivity contribution < 1.29 is 8.22 Å². The number of anilines is 2. The third kappa shape index (κ3) is 3.07. The average Bonchev–Trinajstić information content (AvgIpc) is 2.55. The molecule has 21 heavy (non-hydrogen) atoms. The van der Waals surface area contributed by atoms with Crippen molar-refractivity contribution >= 4 is 23.0 Å². The molecule has 1 atom stereocenters. The van der Waals surface area contributed by atoms with E-state index in [9.17, 15) is 0 Å². The highest BCUT2D eigenvalue weighted by Crippen LogP contribution is 2.44. The van der Waals surface area contributed by atoms with Crippen LogP contribution in [0.2, 0.25) is 5.02 Å². The SMILES string of the molecule is [2H]C([2H])([2H])N(CCCC1c2ccccc2Nc2ccc(Cl)cc21)C([2H])([2H])[2H]. The van der Waals surface area contributed by atoms with Gasteiger partial charge < -0.3 is 10.2 Å². The lowest BCUT2D eigenvalue weighted by molar-refractivity contribution is 0.389. The molecule has 2 nitrogen and oxygen atoms in total. The van der Waals surface area contributed by atoms with E-state index in [0.29, 0.717) is 22.8 Å². The molecule has 1 aliphatic rings. The molecule has 0 amide bonds. The fourth-order valence-electron chi connectivity index (χ4n) is 2.93. The van der Waals surface area contributed by atoms with Crippen LogP contribution in [0.3, 0.4) is 0 Å². The van der Waals surface area contributed by atoms with Gasteiger partial charge in [0.05, 0.1) is 0 Å². The van der Waals surface area contributed by atoms with Gasteiger partial charge in [-0.05, 0) is 68.7 Å². The predicted molar refractivity (Wildman–Crippen MR) is 90.8 cm³/mol. The van der Waals surface area contributed by atoms with Crippen molar-refractivity contribution in [2.75, 3.05) is 25.8 Å². The summed E-state index contributed by atoms with van der Waals surface area (Å²) in [7, 11) is 0. The van der Waals surface area contributed by atoms with Crippen LogP contribution in [0.15, 0.2) is 42.5 Å². The van der Waals surface area contributed by atoms with Gasteiger partial charge in [-0.15, -0.1) is 0 Å². The molecule has 110 valence electrons. The fraction of sp³-hybridized carbons (Fsp3) is 0.333. The van der Waals surface area contributed by atoms with Gasteiger partial charge in [-0.3, -0.25) is 0 Å². The van der Waals surface area contributed by atoms with Crippen LogP contribution in [0.5, 0.6) is 0 Å². The van der Waals surface area contributed by atoms with Crippen molar-refractivity contribution in [2.45, 2.75) is 18.8 Å². The molecule has 2 aromatic carbocycles. The lowest BCUT2D eigenvalue weighted by Crippen LogP contribution is -2.17. The van der Waals surface area contributed by atoms with Crippen LogP contribution in [-0.2, 0) is 0 Å². The van der Waals surface area contributed by atoms with E-state index in [-0.39, 0.29) is 12.5 Å². The van der Waals surface area contributed by atoms with Crippen LogP contribution in [0.4, 0.5) is 11.4 Å². The van der Waals surface area contributed by atoms with Crippen molar-refractivity contribution in [3.8, 4) is 0 Å². The van der Waals surface area contributed by atoms with E-state index in [1.165, 1.54) is 0 Å². The minimum Gasteiger partial charge on any atom is -0.355 e. The Bertz CT molecular complexity index is 804. The van der Waals surface area contributed by atoms with E-state index in [1.54, 1.807) is 0 Å². The summed E-state index contributed by atoms with van der Waals surface area (Å²) < 4.78 is 45.0. The molecule has 1 N–H and O–H groups in total. The number of hydrogen-bond acceptors (Lipinski definition) is 2. The van der Waals surface area contributed by atoms with Gasteiger partial charge in [0.15, 0.2) is 0 Å². The molecule has 0 radical (unpaired) electrons. The summed E-state index contributed by atoms with van der Waals surface area (Å²) in [5.74, 6) is 0.0196. The van der Waals surface area contributed by atoms with Gasteiger partial charge in [0.25, 0.3) is 0 Å². The largest absolute Gasteiger partial charge is 0.355 e. The van der Waals surface area contributed by atoms with E-state index in [1.807, 2.05) is 42.5 Å². The zero-order valence-electron chi connectivity index (χ0n) is 17.6. The first kappa shape index (κ1) is 8.82. The molecule has 1 aliphatic heterocycles.